The number of hydrogen-bond donors (Lipinski definition) is 3. The van der Waals surface area contributed by atoms with Crippen molar-refractivity contribution in [2.24, 2.45) is 0 Å². The van der Waals surface area contributed by atoms with Crippen molar-refractivity contribution in [3.8, 4) is 6.01 Å². The maximum atomic E-state index is 14.2. The van der Waals surface area contributed by atoms with E-state index in [1.807, 2.05) is 32.7 Å². The summed E-state index contributed by atoms with van der Waals surface area (Å²) < 4.78 is 19.2. The largest absolute Gasteiger partial charge is 0.467 e. The summed E-state index contributed by atoms with van der Waals surface area (Å²) in [4.78, 5) is 27.3. The lowest BCUT2D eigenvalue weighted by Crippen LogP contribution is -2.61. The molecule has 1 fully saturated rings. The molecule has 2 atom stereocenters. The van der Waals surface area contributed by atoms with Gasteiger partial charge in [0.05, 0.1) is 31.1 Å². The molecule has 3 N–H and O–H groups in total. The molecule has 12 heteroatoms. The molecule has 2 aliphatic rings. The summed E-state index contributed by atoms with van der Waals surface area (Å²) in [6, 6.07) is 0.0949. The van der Waals surface area contributed by atoms with Crippen LogP contribution in [0.5, 0.6) is 6.01 Å². The molecule has 0 radical (unpaired) electrons. The first kappa shape index (κ1) is 23.2. The number of urea groups is 1. The second-order valence-corrected chi connectivity index (χ2v) is 9.14. The molecule has 4 rings (SSSR count). The Morgan fingerprint density at radius 3 is 2.85 bits per heavy atom. The fourth-order valence-electron chi connectivity index (χ4n) is 4.67. The quantitative estimate of drug-likeness (QED) is 0.613. The molecule has 11 nitrogen and oxygen atoms in total. The van der Waals surface area contributed by atoms with Gasteiger partial charge in [0.2, 0.25) is 0 Å². The van der Waals surface area contributed by atoms with Gasteiger partial charge in [0.15, 0.2) is 17.5 Å². The second kappa shape index (κ2) is 8.75. The Labute approximate surface area is 191 Å². The Hall–Kier alpha value is -2.99. The zero-order valence-corrected chi connectivity index (χ0v) is 19.6. The van der Waals surface area contributed by atoms with Crippen LogP contribution in [0, 0.1) is 5.82 Å². The van der Waals surface area contributed by atoms with E-state index < -0.39 is 11.4 Å². The van der Waals surface area contributed by atoms with Crippen LogP contribution in [0.1, 0.15) is 38.4 Å². The molecule has 0 saturated carbocycles. The molecule has 1 saturated heterocycles. The molecule has 0 unspecified atom stereocenters. The molecule has 180 valence electrons. The molecular formula is C21H31FN8O3. The van der Waals surface area contributed by atoms with Gasteiger partial charge in [-0.05, 0) is 34.2 Å². The summed E-state index contributed by atoms with van der Waals surface area (Å²) in [5.41, 5.74) is 0.920. The van der Waals surface area contributed by atoms with Gasteiger partial charge < -0.3 is 25.0 Å². The number of piperazine rings is 1. The van der Waals surface area contributed by atoms with Crippen molar-refractivity contribution in [1.29, 1.82) is 0 Å². The number of rotatable bonds is 5. The number of methoxy groups -OCH3 is 1. The van der Waals surface area contributed by atoms with Gasteiger partial charge in [-0.3, -0.25) is 10.00 Å². The second-order valence-electron chi connectivity index (χ2n) is 9.14. The number of nitrogens with one attached hydrogen (secondary N) is 2. The Balaban J connectivity index is 1.57. The Morgan fingerprint density at radius 1 is 1.39 bits per heavy atom. The Bertz CT molecular complexity index is 1030. The fourth-order valence-corrected chi connectivity index (χ4v) is 4.67. The third-order valence-corrected chi connectivity index (χ3v) is 6.67. The van der Waals surface area contributed by atoms with Crippen molar-refractivity contribution in [2.45, 2.75) is 51.4 Å². The van der Waals surface area contributed by atoms with Crippen LogP contribution in [0.4, 0.5) is 20.8 Å². The van der Waals surface area contributed by atoms with Gasteiger partial charge in [-0.15, -0.1) is 0 Å². The summed E-state index contributed by atoms with van der Waals surface area (Å²) in [7, 11) is 3.42. The van der Waals surface area contributed by atoms with E-state index >= 15 is 0 Å². The smallest absolute Gasteiger partial charge is 0.321 e. The molecule has 4 heterocycles. The summed E-state index contributed by atoms with van der Waals surface area (Å²) in [5.74, 6) is -0.296. The fraction of sp³-hybridized carbons (Fsp3) is 0.619. The zero-order valence-electron chi connectivity index (χ0n) is 19.6. The first-order valence-electron chi connectivity index (χ1n) is 11.0. The summed E-state index contributed by atoms with van der Waals surface area (Å²) in [6.07, 6.45) is 1.64. The minimum atomic E-state index is -0.642. The van der Waals surface area contributed by atoms with E-state index in [0.29, 0.717) is 25.3 Å². The highest BCUT2D eigenvalue weighted by molar-refractivity contribution is 5.78. The molecule has 33 heavy (non-hydrogen) atoms. The van der Waals surface area contributed by atoms with E-state index in [0.717, 1.165) is 24.0 Å². The molecule has 0 spiro atoms. The predicted molar refractivity (Wildman–Crippen MR) is 119 cm³/mol. The molecule has 0 aliphatic carbocycles. The number of likely N-dealkylation sites (N-methyl/N-ethyl adjacent to an activating group) is 1. The number of aliphatic hydroxyl groups is 1. The first-order valence-corrected chi connectivity index (χ1v) is 11.0. The van der Waals surface area contributed by atoms with Crippen LogP contribution in [-0.4, -0.2) is 91.9 Å². The summed E-state index contributed by atoms with van der Waals surface area (Å²) in [6.45, 7) is 7.62. The first-order chi connectivity index (χ1) is 15.7. The topological polar surface area (TPSA) is 123 Å². The van der Waals surface area contributed by atoms with Crippen LogP contribution in [0.15, 0.2) is 6.20 Å². The number of aromatic amines is 1. The van der Waals surface area contributed by atoms with Crippen molar-refractivity contribution < 1.29 is 19.0 Å². The van der Waals surface area contributed by atoms with E-state index in [1.54, 1.807) is 4.90 Å². The molecule has 2 aliphatic heterocycles. The standard InChI is InChI=1S/C21H31FN8O3/c1-12-9-28(4)13(6-7-31)10-29(12)20(32)30-11-14-16(21(30,2)3)26-27-17(14)24-18-15(22)8-23-19(25-18)33-5/h8,12-13,31H,6-7,9-11H2,1-5H3,(H2,23,24,25,26,27)/t12-,13-/m0/s1. The number of carbonyl (C=O) groups excluding carboxylic acids is 1. The van der Waals surface area contributed by atoms with Crippen molar-refractivity contribution >= 4 is 17.7 Å². The molecule has 2 aromatic rings. The number of anilines is 2. The van der Waals surface area contributed by atoms with Crippen molar-refractivity contribution in [3.05, 3.63) is 23.3 Å². The Morgan fingerprint density at radius 2 is 2.15 bits per heavy atom. The lowest BCUT2D eigenvalue weighted by atomic mass is 10.0. The number of ether oxygens (including phenoxy) is 1. The SMILES string of the molecule is COc1ncc(F)c(Nc2n[nH]c3c2CN(C(=O)N2C[C@H](CCO)N(C)C[C@@H]2C)C3(C)C)n1. The van der Waals surface area contributed by atoms with Crippen molar-refractivity contribution in [2.75, 3.05) is 39.2 Å². The number of hydrogen-bond acceptors (Lipinski definition) is 8. The van der Waals surface area contributed by atoms with E-state index in [2.05, 4.69) is 30.4 Å². The highest BCUT2D eigenvalue weighted by Crippen LogP contribution is 2.42. The number of halogens is 1. The minimum absolute atomic E-state index is 0.0321. The van der Waals surface area contributed by atoms with Gasteiger partial charge in [0, 0.05) is 37.3 Å². The molecule has 0 aromatic carbocycles. The van der Waals surface area contributed by atoms with E-state index in [4.69, 9.17) is 4.74 Å². The average molecular weight is 463 g/mol. The van der Waals surface area contributed by atoms with Crippen molar-refractivity contribution in [3.63, 3.8) is 0 Å². The number of amides is 2. The number of aromatic nitrogens is 4. The number of nitrogens with zero attached hydrogens (tertiary/aromatic N) is 6. The third-order valence-electron chi connectivity index (χ3n) is 6.67. The van der Waals surface area contributed by atoms with Crippen LogP contribution < -0.4 is 10.1 Å². The number of fused-ring (bicyclic) bond motifs is 1. The highest BCUT2D eigenvalue weighted by atomic mass is 19.1. The third kappa shape index (κ3) is 4.08. The van der Waals surface area contributed by atoms with E-state index in [9.17, 15) is 14.3 Å². The number of aliphatic hydroxyl groups excluding tert-OH is 1. The van der Waals surface area contributed by atoms with Crippen LogP contribution >= 0.6 is 0 Å². The molecule has 2 aromatic heterocycles. The number of carbonyl (C=O) groups is 1. The summed E-state index contributed by atoms with van der Waals surface area (Å²) in [5, 5.41) is 19.6. The maximum absolute atomic E-state index is 14.2. The van der Waals surface area contributed by atoms with Gasteiger partial charge in [0.25, 0.3) is 0 Å². The van der Waals surface area contributed by atoms with E-state index in [1.165, 1.54) is 7.11 Å². The molecule has 2 amide bonds. The Kier molecular flexibility index (Phi) is 6.14. The van der Waals surface area contributed by atoms with Crippen LogP contribution in [0.25, 0.3) is 0 Å². The highest BCUT2D eigenvalue weighted by Gasteiger charge is 2.46. The number of H-pyrrole nitrogens is 1. The van der Waals surface area contributed by atoms with Gasteiger partial charge in [-0.25, -0.2) is 14.2 Å². The van der Waals surface area contributed by atoms with Crippen molar-refractivity contribution in [1.82, 2.24) is 34.9 Å². The van der Waals surface area contributed by atoms with Gasteiger partial charge in [-0.1, -0.05) is 0 Å². The molecule has 0 bridgehead atoms. The lowest BCUT2D eigenvalue weighted by Gasteiger charge is -2.46. The monoisotopic (exact) mass is 462 g/mol. The molecular weight excluding hydrogens is 431 g/mol. The predicted octanol–water partition coefficient (Wildman–Crippen LogP) is 1.65. The van der Waals surface area contributed by atoms with Gasteiger partial charge >= 0.3 is 12.0 Å². The van der Waals surface area contributed by atoms with Gasteiger partial charge in [-0.2, -0.15) is 10.1 Å². The van der Waals surface area contributed by atoms with E-state index in [-0.39, 0.29) is 36.6 Å². The van der Waals surface area contributed by atoms with Crippen LogP contribution in [-0.2, 0) is 12.1 Å². The summed E-state index contributed by atoms with van der Waals surface area (Å²) >= 11 is 0. The van der Waals surface area contributed by atoms with Crippen LogP contribution in [0.3, 0.4) is 0 Å². The zero-order chi connectivity index (χ0) is 23.9. The lowest BCUT2D eigenvalue weighted by molar-refractivity contribution is 0.0337. The maximum Gasteiger partial charge on any atom is 0.321 e. The average Bonchev–Trinajstić information content (AvgIpc) is 3.29. The van der Waals surface area contributed by atoms with Crippen LogP contribution in [0.2, 0.25) is 0 Å². The normalized spacial score (nSPS) is 22.4. The van der Waals surface area contributed by atoms with Gasteiger partial charge in [0.1, 0.15) is 0 Å². The minimum Gasteiger partial charge on any atom is -0.467 e.